The van der Waals surface area contributed by atoms with Gasteiger partial charge in [-0.25, -0.2) is 0 Å². The molecule has 0 aromatic carbocycles. The van der Waals surface area contributed by atoms with Crippen molar-refractivity contribution in [3.8, 4) is 0 Å². The van der Waals surface area contributed by atoms with Crippen molar-refractivity contribution in [2.45, 2.75) is 25.3 Å². The highest BCUT2D eigenvalue weighted by atomic mass is 32.1. The van der Waals surface area contributed by atoms with Crippen LogP contribution in [0.15, 0.2) is 45.3 Å². The first-order valence-corrected chi connectivity index (χ1v) is 9.87. The minimum Gasteiger partial charge on any atom is -0.468 e. The van der Waals surface area contributed by atoms with Gasteiger partial charge >= 0.3 is 0 Å². The Balaban J connectivity index is 1.56. The minimum absolute atomic E-state index is 0.264. The van der Waals surface area contributed by atoms with Crippen LogP contribution in [0.5, 0.6) is 0 Å². The molecule has 1 unspecified atom stereocenters. The van der Waals surface area contributed by atoms with Gasteiger partial charge < -0.3 is 14.6 Å². The molecule has 0 amide bonds. The maximum Gasteiger partial charge on any atom is 0.193 e. The third kappa shape index (κ3) is 4.86. The van der Waals surface area contributed by atoms with Crippen LogP contribution in [0.25, 0.3) is 0 Å². The normalized spacial score (nSPS) is 17.0. The first-order chi connectivity index (χ1) is 12.3. The van der Waals surface area contributed by atoms with Gasteiger partial charge in [-0.1, -0.05) is 6.07 Å². The maximum absolute atomic E-state index is 5.70. The predicted octanol–water partition coefficient (Wildman–Crippen LogP) is 3.23. The molecule has 3 rings (SSSR count). The summed E-state index contributed by atoms with van der Waals surface area (Å²) in [6, 6.07) is 8.61. The second-order valence-corrected chi connectivity index (χ2v) is 7.49. The van der Waals surface area contributed by atoms with E-state index in [0.717, 1.165) is 44.3 Å². The van der Waals surface area contributed by atoms with Crippen molar-refractivity contribution < 1.29 is 4.42 Å². The zero-order valence-corrected chi connectivity index (χ0v) is 16.0. The summed E-state index contributed by atoms with van der Waals surface area (Å²) < 4.78 is 5.70. The fraction of sp³-hybridized carbons (Fsp3) is 0.526. The van der Waals surface area contributed by atoms with Crippen molar-refractivity contribution in [1.29, 1.82) is 0 Å². The van der Waals surface area contributed by atoms with E-state index in [0.29, 0.717) is 0 Å². The van der Waals surface area contributed by atoms with Crippen LogP contribution in [0.4, 0.5) is 0 Å². The Morgan fingerprint density at radius 3 is 2.84 bits per heavy atom. The standard InChI is InChI=1S/C19H28N4OS/c1-20-19(22(2)12-9-16-7-6-14-25-16)21-15-17(18-8-5-13-24-18)23-10-3-4-11-23/h5-8,13-14,17H,3-4,9-12,15H2,1-2H3,(H,20,21). The van der Waals surface area contributed by atoms with Crippen LogP contribution in [0.3, 0.4) is 0 Å². The van der Waals surface area contributed by atoms with Crippen molar-refractivity contribution in [2.24, 2.45) is 4.99 Å². The largest absolute Gasteiger partial charge is 0.468 e. The number of guanidine groups is 1. The van der Waals surface area contributed by atoms with Gasteiger partial charge in [0.05, 0.1) is 12.3 Å². The summed E-state index contributed by atoms with van der Waals surface area (Å²) >= 11 is 1.81. The number of nitrogens with one attached hydrogen (secondary N) is 1. The average Bonchev–Trinajstić information content (AvgIpc) is 3.40. The molecule has 1 saturated heterocycles. The molecule has 1 atom stereocenters. The topological polar surface area (TPSA) is 44.0 Å². The SMILES string of the molecule is CN=C(NCC(c1ccco1)N1CCCC1)N(C)CCc1cccs1. The quantitative estimate of drug-likeness (QED) is 0.608. The lowest BCUT2D eigenvalue weighted by Gasteiger charge is -2.28. The molecule has 2 aromatic rings. The Labute approximate surface area is 154 Å². The van der Waals surface area contributed by atoms with Crippen LogP contribution >= 0.6 is 11.3 Å². The second-order valence-electron chi connectivity index (χ2n) is 6.45. The van der Waals surface area contributed by atoms with E-state index in [-0.39, 0.29) is 6.04 Å². The zero-order chi connectivity index (χ0) is 17.5. The van der Waals surface area contributed by atoms with Gasteiger partial charge in [0.2, 0.25) is 0 Å². The molecule has 1 N–H and O–H groups in total. The van der Waals surface area contributed by atoms with Gasteiger partial charge in [-0.2, -0.15) is 0 Å². The summed E-state index contributed by atoms with van der Waals surface area (Å²) in [7, 11) is 3.95. The Hall–Kier alpha value is -1.79. The van der Waals surface area contributed by atoms with Gasteiger partial charge in [-0.05, 0) is 55.9 Å². The van der Waals surface area contributed by atoms with Crippen molar-refractivity contribution in [3.05, 3.63) is 46.5 Å². The number of hydrogen-bond donors (Lipinski definition) is 1. The minimum atomic E-state index is 0.264. The van der Waals surface area contributed by atoms with Crippen LogP contribution in [-0.4, -0.2) is 56.0 Å². The molecular weight excluding hydrogens is 332 g/mol. The number of likely N-dealkylation sites (tertiary alicyclic amines) is 1. The lowest BCUT2D eigenvalue weighted by Crippen LogP contribution is -2.44. The van der Waals surface area contributed by atoms with E-state index in [4.69, 9.17) is 4.42 Å². The van der Waals surface area contributed by atoms with Crippen molar-refractivity contribution in [3.63, 3.8) is 0 Å². The smallest absolute Gasteiger partial charge is 0.193 e. The summed E-state index contributed by atoms with van der Waals surface area (Å²) in [5.74, 6) is 1.97. The molecule has 1 aliphatic rings. The molecule has 25 heavy (non-hydrogen) atoms. The van der Waals surface area contributed by atoms with Gasteiger partial charge in [0.25, 0.3) is 0 Å². The van der Waals surface area contributed by atoms with Gasteiger partial charge in [0.1, 0.15) is 5.76 Å². The van der Waals surface area contributed by atoms with E-state index in [1.807, 2.05) is 24.5 Å². The summed E-state index contributed by atoms with van der Waals surface area (Å²) in [6.07, 6.45) is 5.35. The third-order valence-corrected chi connectivity index (χ3v) is 5.69. The summed E-state index contributed by atoms with van der Waals surface area (Å²) in [5.41, 5.74) is 0. The van der Waals surface area contributed by atoms with Gasteiger partial charge in [-0.3, -0.25) is 9.89 Å². The molecule has 2 aromatic heterocycles. The number of nitrogens with zero attached hydrogens (tertiary/aromatic N) is 3. The Bertz CT molecular complexity index is 632. The van der Waals surface area contributed by atoms with Crippen LogP contribution < -0.4 is 5.32 Å². The highest BCUT2D eigenvalue weighted by Gasteiger charge is 2.25. The molecule has 136 valence electrons. The number of furan rings is 1. The number of thiophene rings is 1. The van der Waals surface area contributed by atoms with Crippen LogP contribution in [0.2, 0.25) is 0 Å². The fourth-order valence-electron chi connectivity index (χ4n) is 3.36. The maximum atomic E-state index is 5.70. The van der Waals surface area contributed by atoms with Crippen molar-refractivity contribution >= 4 is 17.3 Å². The molecule has 3 heterocycles. The highest BCUT2D eigenvalue weighted by Crippen LogP contribution is 2.24. The Kier molecular flexibility index (Phi) is 6.53. The van der Waals surface area contributed by atoms with Crippen molar-refractivity contribution in [1.82, 2.24) is 15.1 Å². The lowest BCUT2D eigenvalue weighted by molar-refractivity contribution is 0.214. The summed E-state index contributed by atoms with van der Waals surface area (Å²) in [5, 5.41) is 5.67. The van der Waals surface area contributed by atoms with E-state index in [1.165, 1.54) is 17.7 Å². The molecule has 0 radical (unpaired) electrons. The van der Waals surface area contributed by atoms with Gasteiger partial charge in [-0.15, -0.1) is 11.3 Å². The average molecular weight is 361 g/mol. The lowest BCUT2D eigenvalue weighted by atomic mass is 10.2. The summed E-state index contributed by atoms with van der Waals surface area (Å²) in [4.78, 5) is 10.6. The number of aliphatic imine (C=N–C) groups is 1. The van der Waals surface area contributed by atoms with Gasteiger partial charge in [0, 0.05) is 32.1 Å². The number of likely N-dealkylation sites (N-methyl/N-ethyl adjacent to an activating group) is 1. The van der Waals surface area contributed by atoms with Crippen LogP contribution in [0, 0.1) is 0 Å². The third-order valence-electron chi connectivity index (χ3n) is 4.75. The Morgan fingerprint density at radius 2 is 2.20 bits per heavy atom. The Morgan fingerprint density at radius 1 is 1.36 bits per heavy atom. The monoisotopic (exact) mass is 360 g/mol. The molecule has 1 aliphatic heterocycles. The second kappa shape index (κ2) is 9.06. The zero-order valence-electron chi connectivity index (χ0n) is 15.1. The number of hydrogen-bond acceptors (Lipinski definition) is 4. The van der Waals surface area contributed by atoms with E-state index >= 15 is 0 Å². The van der Waals surface area contributed by atoms with E-state index < -0.39 is 0 Å². The molecule has 6 heteroatoms. The van der Waals surface area contributed by atoms with Crippen LogP contribution in [0.1, 0.15) is 29.5 Å². The van der Waals surface area contributed by atoms with E-state index in [2.05, 4.69) is 50.7 Å². The van der Waals surface area contributed by atoms with Crippen molar-refractivity contribution in [2.75, 3.05) is 40.3 Å². The molecule has 1 fully saturated rings. The van der Waals surface area contributed by atoms with E-state index in [1.54, 1.807) is 6.26 Å². The predicted molar refractivity (Wildman–Crippen MR) is 104 cm³/mol. The molecule has 0 spiro atoms. The first-order valence-electron chi connectivity index (χ1n) is 8.99. The van der Waals surface area contributed by atoms with Crippen LogP contribution in [-0.2, 0) is 6.42 Å². The highest BCUT2D eigenvalue weighted by molar-refractivity contribution is 7.09. The molecule has 0 aliphatic carbocycles. The molecule has 5 nitrogen and oxygen atoms in total. The van der Waals surface area contributed by atoms with E-state index in [9.17, 15) is 0 Å². The first kappa shape index (κ1) is 18.0. The van der Waals surface area contributed by atoms with Gasteiger partial charge in [0.15, 0.2) is 5.96 Å². The number of rotatable bonds is 7. The molecule has 0 bridgehead atoms. The molecule has 0 saturated carbocycles. The molecular formula is C19H28N4OS. The summed E-state index contributed by atoms with van der Waals surface area (Å²) in [6.45, 7) is 4.04. The fourth-order valence-corrected chi connectivity index (χ4v) is 4.05.